The van der Waals surface area contributed by atoms with Crippen LogP contribution in [-0.2, 0) is 0 Å². The van der Waals surface area contributed by atoms with Crippen LogP contribution in [0.3, 0.4) is 0 Å². The number of hydrogen-bond acceptors (Lipinski definition) is 4. The standard InChI is InChI=1S/C8H7BrN2O2/c9-5-1-2-7-6(3-5)10-8(11-12)4-13-7/h1-3,12H,4H2,(H,10,11). The number of rotatable bonds is 0. The molecule has 68 valence electrons. The van der Waals surface area contributed by atoms with E-state index in [0.29, 0.717) is 11.5 Å². The van der Waals surface area contributed by atoms with Gasteiger partial charge in [-0.25, -0.2) is 4.99 Å². The topological polar surface area (TPSA) is 53.8 Å². The van der Waals surface area contributed by atoms with E-state index in [1.54, 1.807) is 0 Å². The van der Waals surface area contributed by atoms with Crippen LogP contribution in [-0.4, -0.2) is 17.6 Å². The van der Waals surface area contributed by atoms with Crippen LogP contribution in [0.25, 0.3) is 0 Å². The van der Waals surface area contributed by atoms with E-state index >= 15 is 0 Å². The monoisotopic (exact) mass is 242 g/mol. The zero-order valence-electron chi connectivity index (χ0n) is 6.62. The SMILES string of the molecule is ONC1=Nc2cc(Br)ccc2OC1. The van der Waals surface area contributed by atoms with Gasteiger partial charge in [0.15, 0.2) is 5.84 Å². The Morgan fingerprint density at radius 3 is 3.15 bits per heavy atom. The lowest BCUT2D eigenvalue weighted by Gasteiger charge is -2.15. The molecule has 2 rings (SSSR count). The summed E-state index contributed by atoms with van der Waals surface area (Å²) in [5.41, 5.74) is 2.68. The summed E-state index contributed by atoms with van der Waals surface area (Å²) in [6, 6.07) is 5.54. The number of amidine groups is 1. The number of hydrogen-bond donors (Lipinski definition) is 2. The number of fused-ring (bicyclic) bond motifs is 1. The molecule has 1 heterocycles. The molecular formula is C8H7BrN2O2. The van der Waals surface area contributed by atoms with Crippen LogP contribution in [0.2, 0.25) is 0 Å². The molecule has 0 aromatic heterocycles. The highest BCUT2D eigenvalue weighted by Gasteiger charge is 2.11. The van der Waals surface area contributed by atoms with Crippen molar-refractivity contribution in [2.75, 3.05) is 6.61 Å². The fraction of sp³-hybridized carbons (Fsp3) is 0.125. The molecule has 4 nitrogen and oxygen atoms in total. The summed E-state index contributed by atoms with van der Waals surface area (Å²) in [4.78, 5) is 4.13. The number of benzene rings is 1. The van der Waals surface area contributed by atoms with Crippen molar-refractivity contribution in [2.45, 2.75) is 0 Å². The lowest BCUT2D eigenvalue weighted by molar-refractivity contribution is 0.222. The molecule has 0 spiro atoms. The fourth-order valence-electron chi connectivity index (χ4n) is 1.08. The third-order valence-corrected chi connectivity index (χ3v) is 2.16. The molecule has 0 unspecified atom stereocenters. The average molecular weight is 243 g/mol. The molecule has 1 aromatic carbocycles. The first-order valence-electron chi connectivity index (χ1n) is 3.69. The minimum atomic E-state index is 0.269. The number of nitrogens with zero attached hydrogens (tertiary/aromatic N) is 1. The van der Waals surface area contributed by atoms with Crippen LogP contribution >= 0.6 is 15.9 Å². The van der Waals surface area contributed by atoms with E-state index in [9.17, 15) is 0 Å². The quantitative estimate of drug-likeness (QED) is 0.683. The van der Waals surface area contributed by atoms with Gasteiger partial charge in [0, 0.05) is 4.47 Å². The van der Waals surface area contributed by atoms with Gasteiger partial charge in [0.05, 0.1) is 0 Å². The second kappa shape index (κ2) is 3.35. The van der Waals surface area contributed by atoms with Crippen LogP contribution < -0.4 is 10.2 Å². The van der Waals surface area contributed by atoms with Gasteiger partial charge in [0.2, 0.25) is 0 Å². The molecule has 2 N–H and O–H groups in total. The summed E-state index contributed by atoms with van der Waals surface area (Å²) < 4.78 is 6.24. The minimum absolute atomic E-state index is 0.269. The van der Waals surface area contributed by atoms with Gasteiger partial charge in [-0.3, -0.25) is 10.7 Å². The minimum Gasteiger partial charge on any atom is -0.483 e. The highest BCUT2D eigenvalue weighted by Crippen LogP contribution is 2.32. The zero-order valence-corrected chi connectivity index (χ0v) is 8.21. The molecule has 13 heavy (non-hydrogen) atoms. The molecule has 0 aliphatic carbocycles. The maximum Gasteiger partial charge on any atom is 0.164 e. The first kappa shape index (κ1) is 8.52. The average Bonchev–Trinajstić information content (AvgIpc) is 2.16. The van der Waals surface area contributed by atoms with Crippen molar-refractivity contribution < 1.29 is 9.94 Å². The predicted octanol–water partition coefficient (Wildman–Crippen LogP) is 1.85. The van der Waals surface area contributed by atoms with E-state index in [-0.39, 0.29) is 6.61 Å². The number of nitrogens with one attached hydrogen (secondary N) is 1. The molecule has 0 bridgehead atoms. The predicted molar refractivity (Wildman–Crippen MR) is 51.7 cm³/mol. The van der Waals surface area contributed by atoms with Crippen molar-refractivity contribution in [3.8, 4) is 5.75 Å². The van der Waals surface area contributed by atoms with Crippen LogP contribution in [0.15, 0.2) is 27.7 Å². The molecule has 0 atom stereocenters. The van der Waals surface area contributed by atoms with E-state index in [1.165, 1.54) is 0 Å². The summed E-state index contributed by atoms with van der Waals surface area (Å²) in [5, 5.41) is 8.61. The van der Waals surface area contributed by atoms with Gasteiger partial charge < -0.3 is 4.74 Å². The Kier molecular flexibility index (Phi) is 2.20. The summed E-state index contributed by atoms with van der Waals surface area (Å²) in [6.45, 7) is 0.269. The van der Waals surface area contributed by atoms with Gasteiger partial charge in [-0.15, -0.1) is 0 Å². The van der Waals surface area contributed by atoms with Gasteiger partial charge in [-0.1, -0.05) is 15.9 Å². The Morgan fingerprint density at radius 2 is 2.38 bits per heavy atom. The van der Waals surface area contributed by atoms with E-state index in [0.717, 1.165) is 10.2 Å². The summed E-state index contributed by atoms with van der Waals surface area (Å²) in [5.74, 6) is 1.13. The van der Waals surface area contributed by atoms with Crippen molar-refractivity contribution in [1.29, 1.82) is 0 Å². The summed E-state index contributed by atoms with van der Waals surface area (Å²) in [6.07, 6.45) is 0. The van der Waals surface area contributed by atoms with Crippen molar-refractivity contribution in [3.05, 3.63) is 22.7 Å². The smallest absolute Gasteiger partial charge is 0.164 e. The Morgan fingerprint density at radius 1 is 1.54 bits per heavy atom. The first-order chi connectivity index (χ1) is 6.29. The van der Waals surface area contributed by atoms with Crippen LogP contribution in [0.1, 0.15) is 0 Å². The number of ether oxygens (including phenoxy) is 1. The van der Waals surface area contributed by atoms with Gasteiger partial charge in [0.1, 0.15) is 18.0 Å². The highest BCUT2D eigenvalue weighted by atomic mass is 79.9. The molecule has 0 saturated carbocycles. The lowest BCUT2D eigenvalue weighted by atomic mass is 10.3. The van der Waals surface area contributed by atoms with Crippen LogP contribution in [0, 0.1) is 0 Å². The second-order valence-corrected chi connectivity index (χ2v) is 3.49. The molecule has 0 amide bonds. The van der Waals surface area contributed by atoms with Gasteiger partial charge in [-0.2, -0.15) is 0 Å². The molecular weight excluding hydrogens is 236 g/mol. The molecule has 1 aliphatic rings. The highest BCUT2D eigenvalue weighted by molar-refractivity contribution is 9.10. The van der Waals surface area contributed by atoms with Crippen LogP contribution in [0.5, 0.6) is 5.75 Å². The van der Waals surface area contributed by atoms with Gasteiger partial charge in [0.25, 0.3) is 0 Å². The Labute approximate surface area is 83.3 Å². The number of aliphatic imine (C=N–C) groups is 1. The maximum absolute atomic E-state index is 8.61. The number of halogens is 1. The first-order valence-corrected chi connectivity index (χ1v) is 4.49. The summed E-state index contributed by atoms with van der Waals surface area (Å²) in [7, 11) is 0. The van der Waals surface area contributed by atoms with Crippen molar-refractivity contribution >= 4 is 27.5 Å². The number of hydroxylamine groups is 1. The van der Waals surface area contributed by atoms with Gasteiger partial charge >= 0.3 is 0 Å². The Hall–Kier alpha value is -1.07. The molecule has 0 fully saturated rings. The van der Waals surface area contributed by atoms with E-state index in [1.807, 2.05) is 23.7 Å². The third-order valence-electron chi connectivity index (χ3n) is 1.67. The maximum atomic E-state index is 8.61. The molecule has 5 heteroatoms. The van der Waals surface area contributed by atoms with Gasteiger partial charge in [-0.05, 0) is 18.2 Å². The molecule has 0 saturated heterocycles. The van der Waals surface area contributed by atoms with Crippen molar-refractivity contribution in [2.24, 2.45) is 4.99 Å². The van der Waals surface area contributed by atoms with Crippen molar-refractivity contribution in [1.82, 2.24) is 5.48 Å². The largest absolute Gasteiger partial charge is 0.483 e. The molecule has 1 aromatic rings. The van der Waals surface area contributed by atoms with Crippen LogP contribution in [0.4, 0.5) is 5.69 Å². The zero-order chi connectivity index (χ0) is 9.26. The third kappa shape index (κ3) is 1.66. The van der Waals surface area contributed by atoms with E-state index in [4.69, 9.17) is 9.94 Å². The fourth-order valence-corrected chi connectivity index (χ4v) is 1.43. The second-order valence-electron chi connectivity index (χ2n) is 2.57. The molecule has 0 radical (unpaired) electrons. The van der Waals surface area contributed by atoms with E-state index < -0.39 is 0 Å². The summed E-state index contributed by atoms with van der Waals surface area (Å²) >= 11 is 3.32. The lowest BCUT2D eigenvalue weighted by Crippen LogP contribution is -2.27. The molecule has 1 aliphatic heterocycles. The van der Waals surface area contributed by atoms with Crippen molar-refractivity contribution in [3.63, 3.8) is 0 Å². The Bertz CT molecular complexity index is 365. The Balaban J connectivity index is 2.44. The normalized spacial score (nSPS) is 14.2. The van der Waals surface area contributed by atoms with E-state index in [2.05, 4.69) is 20.9 Å².